The first-order valence-electron chi connectivity index (χ1n) is 4.46. The molecule has 1 N–H and O–H groups in total. The molecule has 0 aromatic heterocycles. The fourth-order valence-corrected chi connectivity index (χ4v) is 1.13. The second-order valence-electron chi connectivity index (χ2n) is 3.20. The molecule has 1 aromatic rings. The number of alkyl halides is 3. The molecule has 1 rings (SSSR count). The zero-order valence-corrected chi connectivity index (χ0v) is 8.37. The van der Waals surface area contributed by atoms with Gasteiger partial charge in [-0.15, -0.1) is 0 Å². The maximum Gasteiger partial charge on any atom is 0.411 e. The first kappa shape index (κ1) is 13.4. The van der Waals surface area contributed by atoms with Gasteiger partial charge in [-0.3, -0.25) is 0 Å². The topological polar surface area (TPSA) is 46.5 Å². The maximum absolute atomic E-state index is 12.6. The van der Waals surface area contributed by atoms with E-state index in [9.17, 15) is 22.4 Å². The van der Waals surface area contributed by atoms with E-state index < -0.39 is 30.7 Å². The summed E-state index contributed by atoms with van der Waals surface area (Å²) in [6, 6.07) is 4.01. The molecule has 17 heavy (non-hydrogen) atoms. The average molecular weight is 252 g/mol. The first-order valence-corrected chi connectivity index (χ1v) is 4.46. The number of aliphatic carboxylic acids is 1. The summed E-state index contributed by atoms with van der Waals surface area (Å²) in [5, 5.41) is 8.71. The zero-order chi connectivity index (χ0) is 13.1. The van der Waals surface area contributed by atoms with Gasteiger partial charge in [0.05, 0.1) is 0 Å². The fraction of sp³-hybridized carbons (Fsp3) is 0.300. The fourth-order valence-electron chi connectivity index (χ4n) is 1.13. The lowest BCUT2D eigenvalue weighted by atomic mass is 10.1. The Hall–Kier alpha value is -1.63. The molecule has 1 unspecified atom stereocenters. The van der Waals surface area contributed by atoms with Gasteiger partial charge in [0.15, 0.2) is 6.10 Å². The van der Waals surface area contributed by atoms with Gasteiger partial charge in [0, 0.05) is 0 Å². The van der Waals surface area contributed by atoms with E-state index in [0.29, 0.717) is 0 Å². The Morgan fingerprint density at radius 2 is 1.82 bits per heavy atom. The molecule has 94 valence electrons. The lowest BCUT2D eigenvalue weighted by Gasteiger charge is -2.15. The third-order valence-corrected chi connectivity index (χ3v) is 1.81. The van der Waals surface area contributed by atoms with Crippen molar-refractivity contribution in [3.8, 4) is 0 Å². The van der Waals surface area contributed by atoms with Crippen LogP contribution in [0, 0.1) is 5.82 Å². The van der Waals surface area contributed by atoms with Crippen molar-refractivity contribution in [2.75, 3.05) is 6.61 Å². The van der Waals surface area contributed by atoms with Gasteiger partial charge in [-0.2, -0.15) is 13.2 Å². The van der Waals surface area contributed by atoms with Crippen molar-refractivity contribution in [3.05, 3.63) is 35.6 Å². The van der Waals surface area contributed by atoms with Gasteiger partial charge in [0.2, 0.25) is 0 Å². The van der Waals surface area contributed by atoms with Crippen molar-refractivity contribution in [2.24, 2.45) is 0 Å². The van der Waals surface area contributed by atoms with Gasteiger partial charge in [-0.1, -0.05) is 12.1 Å². The molecule has 3 nitrogen and oxygen atoms in total. The van der Waals surface area contributed by atoms with E-state index in [0.717, 1.165) is 24.3 Å². The van der Waals surface area contributed by atoms with E-state index >= 15 is 0 Å². The Balaban J connectivity index is 2.79. The van der Waals surface area contributed by atoms with Crippen LogP contribution in [0.3, 0.4) is 0 Å². The van der Waals surface area contributed by atoms with E-state index in [2.05, 4.69) is 4.74 Å². The van der Waals surface area contributed by atoms with Crippen LogP contribution in [0.15, 0.2) is 24.3 Å². The standard InChI is InChI=1S/C10H8F4O3/c11-7-3-1-6(2-4-7)8(9(15)16)17-5-10(12,13)14/h1-4,8H,5H2,(H,15,16). The monoisotopic (exact) mass is 252 g/mol. The Morgan fingerprint density at radius 3 is 2.24 bits per heavy atom. The zero-order valence-electron chi connectivity index (χ0n) is 8.37. The predicted octanol–water partition coefficient (Wildman–Crippen LogP) is 2.53. The highest BCUT2D eigenvalue weighted by Gasteiger charge is 2.32. The number of carboxylic acid groups (broad SMARTS) is 1. The Kier molecular flexibility index (Phi) is 4.06. The van der Waals surface area contributed by atoms with Crippen molar-refractivity contribution in [3.63, 3.8) is 0 Å². The van der Waals surface area contributed by atoms with Crippen LogP contribution in [0.5, 0.6) is 0 Å². The van der Waals surface area contributed by atoms with Crippen molar-refractivity contribution in [1.82, 2.24) is 0 Å². The third kappa shape index (κ3) is 4.39. The Morgan fingerprint density at radius 1 is 1.29 bits per heavy atom. The molecule has 0 aliphatic carbocycles. The lowest BCUT2D eigenvalue weighted by molar-refractivity contribution is -0.193. The van der Waals surface area contributed by atoms with Crippen LogP contribution < -0.4 is 0 Å². The van der Waals surface area contributed by atoms with Crippen molar-refractivity contribution in [1.29, 1.82) is 0 Å². The Bertz CT molecular complexity index is 386. The van der Waals surface area contributed by atoms with Crippen LogP contribution in [0.25, 0.3) is 0 Å². The molecule has 1 atom stereocenters. The summed E-state index contributed by atoms with van der Waals surface area (Å²) in [4.78, 5) is 10.7. The number of rotatable bonds is 4. The van der Waals surface area contributed by atoms with Crippen LogP contribution in [-0.4, -0.2) is 23.9 Å². The maximum atomic E-state index is 12.6. The molecule has 0 saturated heterocycles. The number of ether oxygens (including phenoxy) is 1. The highest BCUT2D eigenvalue weighted by Crippen LogP contribution is 2.23. The Labute approximate surface area is 93.6 Å². The summed E-state index contributed by atoms with van der Waals surface area (Å²) in [5.74, 6) is -2.19. The smallest absolute Gasteiger partial charge is 0.411 e. The van der Waals surface area contributed by atoms with Gasteiger partial charge in [-0.05, 0) is 17.7 Å². The summed E-state index contributed by atoms with van der Waals surface area (Å²) in [5.41, 5.74) is -0.0526. The van der Waals surface area contributed by atoms with Gasteiger partial charge >= 0.3 is 12.1 Å². The molecular formula is C10H8F4O3. The van der Waals surface area contributed by atoms with E-state index in [1.165, 1.54) is 0 Å². The number of benzene rings is 1. The van der Waals surface area contributed by atoms with Gasteiger partial charge in [0.1, 0.15) is 12.4 Å². The molecule has 0 saturated carbocycles. The largest absolute Gasteiger partial charge is 0.479 e. The summed E-state index contributed by atoms with van der Waals surface area (Å²) < 4.78 is 52.4. The van der Waals surface area contributed by atoms with Gasteiger partial charge in [0.25, 0.3) is 0 Å². The lowest BCUT2D eigenvalue weighted by Crippen LogP contribution is -2.23. The molecule has 0 aliphatic heterocycles. The van der Waals surface area contributed by atoms with Gasteiger partial charge < -0.3 is 9.84 Å². The minimum Gasteiger partial charge on any atom is -0.479 e. The van der Waals surface area contributed by atoms with E-state index in [-0.39, 0.29) is 5.56 Å². The van der Waals surface area contributed by atoms with Crippen LogP contribution >= 0.6 is 0 Å². The normalized spacial score (nSPS) is 13.4. The first-order chi connectivity index (χ1) is 7.79. The molecule has 0 heterocycles. The molecular weight excluding hydrogens is 244 g/mol. The number of carboxylic acids is 1. The second kappa shape index (κ2) is 5.13. The van der Waals surface area contributed by atoms with E-state index in [1.54, 1.807) is 0 Å². The van der Waals surface area contributed by atoms with Crippen molar-refractivity contribution in [2.45, 2.75) is 12.3 Å². The molecule has 0 radical (unpaired) electrons. The number of carbonyl (C=O) groups is 1. The van der Waals surface area contributed by atoms with Crippen molar-refractivity contribution < 1.29 is 32.2 Å². The summed E-state index contributed by atoms with van der Waals surface area (Å²) >= 11 is 0. The van der Waals surface area contributed by atoms with Crippen LogP contribution in [0.2, 0.25) is 0 Å². The highest BCUT2D eigenvalue weighted by molar-refractivity contribution is 5.74. The summed E-state index contributed by atoms with van der Waals surface area (Å²) in [6.07, 6.45) is -6.38. The molecule has 1 aromatic carbocycles. The number of hydrogen-bond donors (Lipinski definition) is 1. The average Bonchev–Trinajstić information content (AvgIpc) is 2.18. The van der Waals surface area contributed by atoms with Crippen molar-refractivity contribution >= 4 is 5.97 Å². The molecule has 7 heteroatoms. The number of halogens is 4. The minimum atomic E-state index is -4.62. The summed E-state index contributed by atoms with van der Waals surface area (Å²) in [7, 11) is 0. The van der Waals surface area contributed by atoms with Crippen LogP contribution in [0.4, 0.5) is 17.6 Å². The van der Waals surface area contributed by atoms with Crippen LogP contribution in [0.1, 0.15) is 11.7 Å². The third-order valence-electron chi connectivity index (χ3n) is 1.81. The molecule has 0 aliphatic rings. The molecule has 0 fully saturated rings. The minimum absolute atomic E-state index is 0.0526. The van der Waals surface area contributed by atoms with E-state index in [1.807, 2.05) is 0 Å². The number of hydrogen-bond acceptors (Lipinski definition) is 2. The summed E-state index contributed by atoms with van der Waals surface area (Å²) in [6.45, 7) is -1.68. The molecule has 0 spiro atoms. The van der Waals surface area contributed by atoms with Crippen LogP contribution in [-0.2, 0) is 9.53 Å². The highest BCUT2D eigenvalue weighted by atomic mass is 19.4. The second-order valence-corrected chi connectivity index (χ2v) is 3.20. The molecule has 0 amide bonds. The van der Waals surface area contributed by atoms with E-state index in [4.69, 9.17) is 5.11 Å². The van der Waals surface area contributed by atoms with Gasteiger partial charge in [-0.25, -0.2) is 9.18 Å². The quantitative estimate of drug-likeness (QED) is 0.837. The SMILES string of the molecule is O=C(O)C(OCC(F)(F)F)c1ccc(F)cc1. The molecule has 0 bridgehead atoms. The predicted molar refractivity (Wildman–Crippen MR) is 48.8 cm³/mol.